The lowest BCUT2D eigenvalue weighted by Crippen LogP contribution is -2.15. The third-order valence-corrected chi connectivity index (χ3v) is 3.62. The van der Waals surface area contributed by atoms with Gasteiger partial charge in [0.1, 0.15) is 5.82 Å². The lowest BCUT2D eigenvalue weighted by atomic mass is 10.1. The molecule has 1 aromatic carbocycles. The number of nitrogens with one attached hydrogen (secondary N) is 2. The van der Waals surface area contributed by atoms with E-state index in [4.69, 9.17) is 0 Å². The molecule has 0 atom stereocenters. The van der Waals surface area contributed by atoms with E-state index in [1.807, 2.05) is 24.3 Å². The van der Waals surface area contributed by atoms with Crippen LogP contribution in [-0.4, -0.2) is 20.7 Å². The predicted molar refractivity (Wildman–Crippen MR) is 81.0 cm³/mol. The molecule has 110 valence electrons. The Kier molecular flexibility index (Phi) is 3.85. The van der Waals surface area contributed by atoms with Gasteiger partial charge in [0.05, 0.1) is 0 Å². The molecular weight excluding hydrogens is 266 g/mol. The van der Waals surface area contributed by atoms with E-state index in [0.717, 1.165) is 36.0 Å². The van der Waals surface area contributed by atoms with Crippen LogP contribution in [0.15, 0.2) is 24.3 Å². The third-order valence-electron chi connectivity index (χ3n) is 3.62. The van der Waals surface area contributed by atoms with Gasteiger partial charge < -0.3 is 10.6 Å². The molecule has 1 aromatic heterocycles. The highest BCUT2D eigenvalue weighted by Gasteiger charge is 2.15. The number of rotatable bonds is 4. The van der Waals surface area contributed by atoms with Crippen molar-refractivity contribution >= 4 is 17.5 Å². The van der Waals surface area contributed by atoms with Crippen molar-refractivity contribution < 1.29 is 4.79 Å². The quantitative estimate of drug-likeness (QED) is 0.903. The molecule has 0 spiro atoms. The predicted octanol–water partition coefficient (Wildman–Crippen LogP) is 2.18. The molecule has 6 heteroatoms. The second-order valence-corrected chi connectivity index (χ2v) is 5.24. The van der Waals surface area contributed by atoms with Crippen molar-refractivity contribution in [2.24, 2.45) is 0 Å². The van der Waals surface area contributed by atoms with Crippen LogP contribution in [0.5, 0.6) is 0 Å². The molecule has 6 nitrogen and oxygen atoms in total. The fourth-order valence-electron chi connectivity index (χ4n) is 2.60. The number of aromatic nitrogens is 3. The van der Waals surface area contributed by atoms with Gasteiger partial charge >= 0.3 is 0 Å². The molecule has 0 saturated carbocycles. The molecule has 0 aliphatic carbocycles. The fraction of sp³-hybridized carbons (Fsp3) is 0.400. The third kappa shape index (κ3) is 3.04. The minimum atomic E-state index is -0.0673. The number of amides is 1. The van der Waals surface area contributed by atoms with E-state index in [-0.39, 0.29) is 5.91 Å². The molecule has 3 rings (SSSR count). The topological polar surface area (TPSA) is 71.8 Å². The lowest BCUT2D eigenvalue weighted by Gasteiger charge is -2.16. The van der Waals surface area contributed by atoms with E-state index in [2.05, 4.69) is 25.4 Å². The number of aryl methyl sites for hydroxylation is 1. The first kappa shape index (κ1) is 13.6. The first-order valence-corrected chi connectivity index (χ1v) is 7.25. The largest absolute Gasteiger partial charge is 0.350 e. The Morgan fingerprint density at radius 2 is 2.14 bits per heavy atom. The smallest absolute Gasteiger partial charge is 0.224 e. The lowest BCUT2D eigenvalue weighted by molar-refractivity contribution is -0.114. The Labute approximate surface area is 123 Å². The van der Waals surface area contributed by atoms with Crippen LogP contribution < -0.4 is 10.6 Å². The summed E-state index contributed by atoms with van der Waals surface area (Å²) in [6.45, 7) is 3.09. The van der Waals surface area contributed by atoms with Crippen molar-refractivity contribution in [2.45, 2.75) is 39.3 Å². The van der Waals surface area contributed by atoms with Gasteiger partial charge in [0.2, 0.25) is 11.9 Å². The van der Waals surface area contributed by atoms with Crippen molar-refractivity contribution in [1.29, 1.82) is 0 Å². The summed E-state index contributed by atoms with van der Waals surface area (Å²) in [5.41, 5.74) is 1.86. The second-order valence-electron chi connectivity index (χ2n) is 5.24. The zero-order valence-corrected chi connectivity index (χ0v) is 12.1. The highest BCUT2D eigenvalue weighted by molar-refractivity contribution is 5.89. The van der Waals surface area contributed by atoms with Crippen LogP contribution in [0.4, 0.5) is 11.6 Å². The van der Waals surface area contributed by atoms with Crippen molar-refractivity contribution in [3.8, 4) is 0 Å². The van der Waals surface area contributed by atoms with Gasteiger partial charge in [-0.25, -0.2) is 0 Å². The number of anilines is 2. The van der Waals surface area contributed by atoms with Crippen LogP contribution >= 0.6 is 0 Å². The summed E-state index contributed by atoms with van der Waals surface area (Å²) in [5.74, 6) is 1.79. The summed E-state index contributed by atoms with van der Waals surface area (Å²) >= 11 is 0. The van der Waals surface area contributed by atoms with Crippen molar-refractivity contribution in [3.63, 3.8) is 0 Å². The highest BCUT2D eigenvalue weighted by atomic mass is 16.1. The summed E-state index contributed by atoms with van der Waals surface area (Å²) < 4.78 is 2.14. The molecule has 2 aromatic rings. The maximum Gasteiger partial charge on any atom is 0.224 e. The number of benzene rings is 1. The Morgan fingerprint density at radius 1 is 1.29 bits per heavy atom. The van der Waals surface area contributed by atoms with Crippen molar-refractivity contribution in [1.82, 2.24) is 14.8 Å². The van der Waals surface area contributed by atoms with Crippen molar-refractivity contribution in [3.05, 3.63) is 35.7 Å². The molecule has 21 heavy (non-hydrogen) atoms. The number of carbonyl (C=O) groups is 1. The maximum absolute atomic E-state index is 11.2. The standard InChI is InChI=1S/C15H19N5O/c1-11(21)17-13-7-3-2-6-12(13)10-16-15-19-18-14-8-4-5-9-20(14)15/h2-3,6-7H,4-5,8-10H2,1H3,(H,16,19)(H,17,21). The van der Waals surface area contributed by atoms with Gasteiger partial charge in [-0.2, -0.15) is 0 Å². The molecule has 1 aliphatic rings. The van der Waals surface area contributed by atoms with Crippen LogP contribution in [0.2, 0.25) is 0 Å². The van der Waals surface area contributed by atoms with E-state index in [1.165, 1.54) is 19.8 Å². The van der Waals surface area contributed by atoms with Gasteiger partial charge in [0.15, 0.2) is 0 Å². The number of hydrogen-bond acceptors (Lipinski definition) is 4. The Balaban J connectivity index is 1.73. The summed E-state index contributed by atoms with van der Waals surface area (Å²) in [7, 11) is 0. The number of hydrogen-bond donors (Lipinski definition) is 2. The van der Waals surface area contributed by atoms with Crippen molar-refractivity contribution in [2.75, 3.05) is 10.6 Å². The highest BCUT2D eigenvalue weighted by Crippen LogP contribution is 2.20. The molecule has 1 amide bonds. The van der Waals surface area contributed by atoms with E-state index in [9.17, 15) is 4.79 Å². The van der Waals surface area contributed by atoms with Crippen LogP contribution in [0.25, 0.3) is 0 Å². The molecule has 0 fully saturated rings. The SMILES string of the molecule is CC(=O)Nc1ccccc1CNc1nnc2n1CCCC2. The molecule has 0 radical (unpaired) electrons. The van der Waals surface area contributed by atoms with Crippen LogP contribution in [0, 0.1) is 0 Å². The van der Waals surface area contributed by atoms with E-state index in [0.29, 0.717) is 6.54 Å². The molecule has 0 saturated heterocycles. The molecule has 0 unspecified atom stereocenters. The summed E-state index contributed by atoms with van der Waals surface area (Å²) in [4.78, 5) is 11.2. The zero-order chi connectivity index (χ0) is 14.7. The molecule has 0 bridgehead atoms. The Bertz CT molecular complexity index is 649. The Morgan fingerprint density at radius 3 is 3.00 bits per heavy atom. The van der Waals surface area contributed by atoms with Crippen LogP contribution in [-0.2, 0) is 24.3 Å². The maximum atomic E-state index is 11.2. The van der Waals surface area contributed by atoms with E-state index in [1.54, 1.807) is 0 Å². The average molecular weight is 285 g/mol. The number of fused-ring (bicyclic) bond motifs is 1. The fourth-order valence-corrected chi connectivity index (χ4v) is 2.60. The summed E-state index contributed by atoms with van der Waals surface area (Å²) in [5, 5.41) is 14.6. The second kappa shape index (κ2) is 5.95. The monoisotopic (exact) mass is 285 g/mol. The van der Waals surface area contributed by atoms with Gasteiger partial charge in [0.25, 0.3) is 0 Å². The Hall–Kier alpha value is -2.37. The molecular formula is C15H19N5O. The molecule has 2 heterocycles. The van der Waals surface area contributed by atoms with Crippen LogP contribution in [0.3, 0.4) is 0 Å². The average Bonchev–Trinajstić information content (AvgIpc) is 2.89. The first-order chi connectivity index (χ1) is 10.2. The summed E-state index contributed by atoms with van der Waals surface area (Å²) in [6.07, 6.45) is 3.35. The number of carbonyl (C=O) groups excluding carboxylic acids is 1. The number of nitrogens with zero attached hydrogens (tertiary/aromatic N) is 3. The zero-order valence-electron chi connectivity index (χ0n) is 12.1. The minimum absolute atomic E-state index is 0.0673. The van der Waals surface area contributed by atoms with E-state index < -0.39 is 0 Å². The normalized spacial score (nSPS) is 13.6. The number of para-hydroxylation sites is 1. The van der Waals surface area contributed by atoms with Gasteiger partial charge in [-0.05, 0) is 24.5 Å². The summed E-state index contributed by atoms with van der Waals surface area (Å²) in [6, 6.07) is 7.76. The van der Waals surface area contributed by atoms with Gasteiger partial charge in [-0.15, -0.1) is 10.2 Å². The van der Waals surface area contributed by atoms with E-state index >= 15 is 0 Å². The first-order valence-electron chi connectivity index (χ1n) is 7.25. The van der Waals surface area contributed by atoms with Gasteiger partial charge in [-0.3, -0.25) is 9.36 Å². The molecule has 2 N–H and O–H groups in total. The van der Waals surface area contributed by atoms with Gasteiger partial charge in [-0.1, -0.05) is 18.2 Å². The minimum Gasteiger partial charge on any atom is -0.350 e. The van der Waals surface area contributed by atoms with Crippen LogP contribution in [0.1, 0.15) is 31.2 Å². The van der Waals surface area contributed by atoms with Gasteiger partial charge in [0, 0.05) is 32.1 Å². The molecule has 1 aliphatic heterocycles.